The van der Waals surface area contributed by atoms with Crippen molar-refractivity contribution in [2.75, 3.05) is 0 Å². The van der Waals surface area contributed by atoms with Crippen LogP contribution in [0, 0.1) is 11.8 Å². The van der Waals surface area contributed by atoms with E-state index in [2.05, 4.69) is 28.3 Å². The lowest BCUT2D eigenvalue weighted by molar-refractivity contribution is 0.568. The standard InChI is InChI=1S/C14H15N3/c1-2-3-6-14(17-15)12-7-8-13-11(10-12)5-4-9-16-13/h4-5,7-10,14,17H,6,15H2,1H3. The zero-order valence-electron chi connectivity index (χ0n) is 9.77. The van der Waals surface area contributed by atoms with Crippen molar-refractivity contribution < 1.29 is 0 Å². The van der Waals surface area contributed by atoms with Crippen molar-refractivity contribution in [1.29, 1.82) is 0 Å². The highest BCUT2D eigenvalue weighted by Gasteiger charge is 2.08. The van der Waals surface area contributed by atoms with E-state index in [4.69, 9.17) is 5.84 Å². The van der Waals surface area contributed by atoms with Crippen molar-refractivity contribution in [3.05, 3.63) is 42.1 Å². The molecule has 17 heavy (non-hydrogen) atoms. The molecule has 1 aromatic heterocycles. The van der Waals surface area contributed by atoms with Crippen molar-refractivity contribution >= 4 is 10.9 Å². The Morgan fingerprint density at radius 2 is 2.29 bits per heavy atom. The van der Waals surface area contributed by atoms with Gasteiger partial charge in [0.15, 0.2) is 0 Å². The van der Waals surface area contributed by atoms with Gasteiger partial charge in [0, 0.05) is 18.0 Å². The van der Waals surface area contributed by atoms with Gasteiger partial charge < -0.3 is 0 Å². The summed E-state index contributed by atoms with van der Waals surface area (Å²) in [5, 5.41) is 1.12. The summed E-state index contributed by atoms with van der Waals surface area (Å²) >= 11 is 0. The Balaban J connectivity index is 2.35. The molecule has 1 aromatic carbocycles. The lowest BCUT2D eigenvalue weighted by Crippen LogP contribution is -2.27. The second-order valence-electron chi connectivity index (χ2n) is 3.81. The second kappa shape index (κ2) is 5.44. The molecule has 0 saturated heterocycles. The molecule has 3 nitrogen and oxygen atoms in total. The average molecular weight is 225 g/mol. The maximum absolute atomic E-state index is 5.56. The Hall–Kier alpha value is -1.89. The Bertz CT molecular complexity index is 566. The van der Waals surface area contributed by atoms with Crippen molar-refractivity contribution in [2.45, 2.75) is 19.4 Å². The molecule has 0 aliphatic carbocycles. The molecule has 0 fully saturated rings. The monoisotopic (exact) mass is 225 g/mol. The van der Waals surface area contributed by atoms with Gasteiger partial charge in [-0.2, -0.15) is 0 Å². The molecule has 2 aromatic rings. The van der Waals surface area contributed by atoms with Crippen LogP contribution in [0.4, 0.5) is 0 Å². The van der Waals surface area contributed by atoms with Crippen LogP contribution in [-0.4, -0.2) is 4.98 Å². The number of benzene rings is 1. The molecule has 0 aliphatic rings. The number of rotatable bonds is 3. The van der Waals surface area contributed by atoms with Crippen LogP contribution in [0.3, 0.4) is 0 Å². The lowest BCUT2D eigenvalue weighted by atomic mass is 10.0. The van der Waals surface area contributed by atoms with Gasteiger partial charge in [0.2, 0.25) is 0 Å². The third-order valence-electron chi connectivity index (χ3n) is 2.71. The summed E-state index contributed by atoms with van der Waals surface area (Å²) in [5.41, 5.74) is 4.92. The van der Waals surface area contributed by atoms with Crippen LogP contribution < -0.4 is 11.3 Å². The van der Waals surface area contributed by atoms with Crippen LogP contribution in [0.2, 0.25) is 0 Å². The van der Waals surface area contributed by atoms with E-state index in [1.54, 1.807) is 6.20 Å². The van der Waals surface area contributed by atoms with Gasteiger partial charge >= 0.3 is 0 Å². The minimum atomic E-state index is 0.0621. The van der Waals surface area contributed by atoms with E-state index in [0.29, 0.717) is 6.42 Å². The van der Waals surface area contributed by atoms with Gasteiger partial charge in [0.1, 0.15) is 0 Å². The SMILES string of the molecule is CC#CCC(NN)c1ccc2ncccc2c1. The van der Waals surface area contributed by atoms with E-state index in [1.807, 2.05) is 31.2 Å². The highest BCUT2D eigenvalue weighted by molar-refractivity contribution is 5.79. The lowest BCUT2D eigenvalue weighted by Gasteiger charge is -2.13. The van der Waals surface area contributed by atoms with Crippen LogP contribution in [0.25, 0.3) is 10.9 Å². The summed E-state index contributed by atoms with van der Waals surface area (Å²) in [6, 6.07) is 10.2. The predicted molar refractivity (Wildman–Crippen MR) is 69.9 cm³/mol. The third-order valence-corrected chi connectivity index (χ3v) is 2.71. The van der Waals surface area contributed by atoms with E-state index < -0.39 is 0 Å². The van der Waals surface area contributed by atoms with Gasteiger partial charge in [-0.25, -0.2) is 0 Å². The highest BCUT2D eigenvalue weighted by atomic mass is 15.2. The zero-order chi connectivity index (χ0) is 12.1. The van der Waals surface area contributed by atoms with Crippen molar-refractivity contribution in [2.24, 2.45) is 5.84 Å². The van der Waals surface area contributed by atoms with Crippen LogP contribution in [0.15, 0.2) is 36.5 Å². The maximum Gasteiger partial charge on any atom is 0.0702 e. The summed E-state index contributed by atoms with van der Waals surface area (Å²) < 4.78 is 0. The van der Waals surface area contributed by atoms with Crippen LogP contribution in [0.1, 0.15) is 24.9 Å². The summed E-state index contributed by atoms with van der Waals surface area (Å²) in [7, 11) is 0. The molecule has 0 spiro atoms. The van der Waals surface area contributed by atoms with Gasteiger partial charge in [-0.05, 0) is 30.7 Å². The number of aromatic nitrogens is 1. The normalized spacial score (nSPS) is 11.9. The quantitative estimate of drug-likeness (QED) is 0.478. The molecule has 1 atom stereocenters. The molecular weight excluding hydrogens is 210 g/mol. The van der Waals surface area contributed by atoms with Crippen molar-refractivity contribution in [3.63, 3.8) is 0 Å². The first-order valence-corrected chi connectivity index (χ1v) is 5.55. The van der Waals surface area contributed by atoms with Crippen molar-refractivity contribution in [1.82, 2.24) is 10.4 Å². The van der Waals surface area contributed by atoms with Gasteiger partial charge in [0.05, 0.1) is 11.6 Å². The van der Waals surface area contributed by atoms with E-state index in [9.17, 15) is 0 Å². The van der Waals surface area contributed by atoms with Crippen LogP contribution in [0.5, 0.6) is 0 Å². The predicted octanol–water partition coefficient (Wildman–Crippen LogP) is 2.15. The smallest absolute Gasteiger partial charge is 0.0702 e. The summed E-state index contributed by atoms with van der Waals surface area (Å²) in [5.74, 6) is 11.5. The molecule has 0 saturated carbocycles. The number of hydrogen-bond donors (Lipinski definition) is 2. The van der Waals surface area contributed by atoms with E-state index >= 15 is 0 Å². The highest BCUT2D eigenvalue weighted by Crippen LogP contribution is 2.20. The number of hydrogen-bond acceptors (Lipinski definition) is 3. The van der Waals surface area contributed by atoms with Gasteiger partial charge in [-0.15, -0.1) is 11.8 Å². The number of fused-ring (bicyclic) bond motifs is 1. The van der Waals surface area contributed by atoms with Gasteiger partial charge in [-0.3, -0.25) is 16.3 Å². The fourth-order valence-electron chi connectivity index (χ4n) is 1.79. The number of hydrazine groups is 1. The molecule has 3 heteroatoms. The Labute approximate surface area is 101 Å². The molecule has 0 aliphatic heterocycles. The molecule has 3 N–H and O–H groups in total. The van der Waals surface area contributed by atoms with Crippen molar-refractivity contribution in [3.8, 4) is 11.8 Å². The number of pyridine rings is 1. The minimum Gasteiger partial charge on any atom is -0.271 e. The first-order chi connectivity index (χ1) is 8.35. The molecule has 0 bridgehead atoms. The fraction of sp³-hybridized carbons (Fsp3) is 0.214. The summed E-state index contributed by atoms with van der Waals surface area (Å²) in [6.45, 7) is 1.83. The Morgan fingerprint density at radius 3 is 3.06 bits per heavy atom. The number of nitrogens with one attached hydrogen (secondary N) is 1. The Kier molecular flexibility index (Phi) is 3.71. The maximum atomic E-state index is 5.56. The Morgan fingerprint density at radius 1 is 1.41 bits per heavy atom. The molecule has 86 valence electrons. The molecule has 0 radical (unpaired) electrons. The molecular formula is C14H15N3. The second-order valence-corrected chi connectivity index (χ2v) is 3.81. The molecule has 1 unspecified atom stereocenters. The largest absolute Gasteiger partial charge is 0.271 e. The van der Waals surface area contributed by atoms with Gasteiger partial charge in [0.25, 0.3) is 0 Å². The number of nitrogens with zero attached hydrogens (tertiary/aromatic N) is 1. The number of nitrogens with two attached hydrogens (primary N) is 1. The zero-order valence-corrected chi connectivity index (χ0v) is 9.77. The molecule has 0 amide bonds. The van der Waals surface area contributed by atoms with Gasteiger partial charge in [-0.1, -0.05) is 12.1 Å². The average Bonchev–Trinajstić information content (AvgIpc) is 2.39. The summed E-state index contributed by atoms with van der Waals surface area (Å²) in [4.78, 5) is 4.29. The third kappa shape index (κ3) is 2.62. The molecule has 2 rings (SSSR count). The van der Waals surface area contributed by atoms with E-state index in [1.165, 1.54) is 0 Å². The van der Waals surface area contributed by atoms with E-state index in [-0.39, 0.29) is 6.04 Å². The first kappa shape index (κ1) is 11.6. The molecule has 1 heterocycles. The first-order valence-electron chi connectivity index (χ1n) is 5.55. The topological polar surface area (TPSA) is 50.9 Å². The van der Waals surface area contributed by atoms with Crippen LogP contribution >= 0.6 is 0 Å². The van der Waals surface area contributed by atoms with Crippen LogP contribution in [-0.2, 0) is 0 Å². The summed E-state index contributed by atoms with van der Waals surface area (Å²) in [6.07, 6.45) is 2.50. The fourth-order valence-corrected chi connectivity index (χ4v) is 1.79. The van der Waals surface area contributed by atoms with E-state index in [0.717, 1.165) is 16.5 Å². The minimum absolute atomic E-state index is 0.0621.